The molecule has 0 spiro atoms. The van der Waals surface area contributed by atoms with Gasteiger partial charge in [-0.15, -0.1) is 0 Å². The van der Waals surface area contributed by atoms with E-state index in [-0.39, 0.29) is 30.8 Å². The first-order valence-corrected chi connectivity index (χ1v) is 23.2. The molecular weight excluding hydrogens is 647 g/mol. The number of hydrogen-bond acceptors (Lipinski definition) is 6. The highest BCUT2D eigenvalue weighted by molar-refractivity contribution is 5.69. The molecule has 0 saturated carbocycles. The van der Waals surface area contributed by atoms with Gasteiger partial charge in [-0.3, -0.25) is 9.59 Å². The lowest BCUT2D eigenvalue weighted by Gasteiger charge is -2.21. The predicted molar refractivity (Wildman–Crippen MR) is 223 cm³/mol. The molecule has 0 aromatic rings. The van der Waals surface area contributed by atoms with Gasteiger partial charge in [-0.1, -0.05) is 162 Å². The lowest BCUT2D eigenvalue weighted by molar-refractivity contribution is -0.150. The van der Waals surface area contributed by atoms with Crippen molar-refractivity contribution in [1.82, 2.24) is 4.90 Å². The lowest BCUT2D eigenvalue weighted by atomic mass is 10.0. The summed E-state index contributed by atoms with van der Waals surface area (Å²) in [5.41, 5.74) is 0. The molecular formula is C46H91NO5. The zero-order valence-electron chi connectivity index (χ0n) is 35.6. The Morgan fingerprint density at radius 1 is 0.442 bits per heavy atom. The summed E-state index contributed by atoms with van der Waals surface area (Å²) in [4.78, 5) is 27.3. The maximum absolute atomic E-state index is 12.7. The molecule has 0 bridgehead atoms. The van der Waals surface area contributed by atoms with Crippen LogP contribution < -0.4 is 0 Å². The van der Waals surface area contributed by atoms with Crippen molar-refractivity contribution >= 4 is 11.9 Å². The van der Waals surface area contributed by atoms with E-state index >= 15 is 0 Å². The molecule has 0 aromatic heterocycles. The molecule has 0 amide bonds. The molecule has 0 saturated heterocycles. The number of ether oxygens (including phenoxy) is 2. The minimum Gasteiger partial charge on any atom is -0.463 e. The van der Waals surface area contributed by atoms with Crippen molar-refractivity contribution in [1.29, 1.82) is 0 Å². The molecule has 0 heterocycles. The second kappa shape index (κ2) is 41.0. The average molecular weight is 738 g/mol. The third-order valence-electron chi connectivity index (χ3n) is 10.7. The number of aliphatic hydroxyl groups is 1. The van der Waals surface area contributed by atoms with E-state index in [1.165, 1.54) is 141 Å². The largest absolute Gasteiger partial charge is 0.463 e. The molecule has 0 fully saturated rings. The van der Waals surface area contributed by atoms with Gasteiger partial charge in [-0.2, -0.15) is 0 Å². The minimum absolute atomic E-state index is 0.0211. The molecule has 52 heavy (non-hydrogen) atoms. The van der Waals surface area contributed by atoms with Crippen LogP contribution in [0.3, 0.4) is 0 Å². The SMILES string of the molecule is CCCCCCCCC(CCCCCCCC)OC(=O)CCCCCCCCN(CCO)CCCCCCCC(=O)O[C@H](C)CCCCCCCC. The molecule has 0 aliphatic rings. The Kier molecular flexibility index (Phi) is 40.1. The van der Waals surface area contributed by atoms with E-state index in [9.17, 15) is 14.7 Å². The summed E-state index contributed by atoms with van der Waals surface area (Å²) >= 11 is 0. The first-order chi connectivity index (χ1) is 25.5. The molecule has 0 aliphatic carbocycles. The van der Waals surface area contributed by atoms with Crippen LogP contribution in [0.4, 0.5) is 0 Å². The van der Waals surface area contributed by atoms with Gasteiger partial charge in [-0.25, -0.2) is 0 Å². The fraction of sp³-hybridized carbons (Fsp3) is 0.957. The third-order valence-corrected chi connectivity index (χ3v) is 10.7. The first-order valence-electron chi connectivity index (χ1n) is 23.2. The van der Waals surface area contributed by atoms with Crippen LogP contribution in [0.15, 0.2) is 0 Å². The van der Waals surface area contributed by atoms with E-state index < -0.39 is 0 Å². The number of aliphatic hydroxyl groups excluding tert-OH is 1. The van der Waals surface area contributed by atoms with Crippen LogP contribution >= 0.6 is 0 Å². The van der Waals surface area contributed by atoms with Crippen molar-refractivity contribution in [3.63, 3.8) is 0 Å². The fourth-order valence-corrected chi connectivity index (χ4v) is 7.29. The zero-order valence-corrected chi connectivity index (χ0v) is 35.6. The number of rotatable bonds is 42. The fourth-order valence-electron chi connectivity index (χ4n) is 7.29. The maximum Gasteiger partial charge on any atom is 0.306 e. The summed E-state index contributed by atoms with van der Waals surface area (Å²) in [6.45, 7) is 11.9. The second-order valence-electron chi connectivity index (χ2n) is 16.0. The zero-order chi connectivity index (χ0) is 38.2. The predicted octanol–water partition coefficient (Wildman–Crippen LogP) is 13.4. The molecule has 0 radical (unpaired) electrons. The van der Waals surface area contributed by atoms with Gasteiger partial charge in [0.2, 0.25) is 0 Å². The Morgan fingerprint density at radius 2 is 0.788 bits per heavy atom. The summed E-state index contributed by atoms with van der Waals surface area (Å²) in [5.74, 6) is -0.00995. The Balaban J connectivity index is 3.96. The molecule has 0 aromatic carbocycles. The molecule has 0 unspecified atom stereocenters. The van der Waals surface area contributed by atoms with Gasteiger partial charge in [0.15, 0.2) is 0 Å². The van der Waals surface area contributed by atoms with Crippen molar-refractivity contribution in [2.45, 2.75) is 258 Å². The van der Waals surface area contributed by atoms with Crippen LogP contribution in [-0.2, 0) is 19.1 Å². The molecule has 6 heteroatoms. The Hall–Kier alpha value is -1.14. The molecule has 1 atom stereocenters. The number of carbonyl (C=O) groups excluding carboxylic acids is 2. The molecule has 310 valence electrons. The topological polar surface area (TPSA) is 76.1 Å². The van der Waals surface area contributed by atoms with E-state index in [0.717, 1.165) is 83.8 Å². The highest BCUT2D eigenvalue weighted by Crippen LogP contribution is 2.19. The third kappa shape index (κ3) is 37.2. The number of hydrogen-bond donors (Lipinski definition) is 1. The summed E-state index contributed by atoms with van der Waals surface area (Å²) < 4.78 is 11.6. The van der Waals surface area contributed by atoms with Gasteiger partial charge >= 0.3 is 11.9 Å². The molecule has 0 rings (SSSR count). The van der Waals surface area contributed by atoms with Crippen LogP contribution in [-0.4, -0.2) is 60.4 Å². The number of unbranched alkanes of at least 4 members (excludes halogenated alkanes) is 24. The Morgan fingerprint density at radius 3 is 1.21 bits per heavy atom. The van der Waals surface area contributed by atoms with E-state index in [0.29, 0.717) is 12.8 Å². The van der Waals surface area contributed by atoms with E-state index in [1.54, 1.807) is 0 Å². The van der Waals surface area contributed by atoms with Crippen molar-refractivity contribution < 1.29 is 24.2 Å². The van der Waals surface area contributed by atoms with Gasteiger partial charge < -0.3 is 19.5 Å². The van der Waals surface area contributed by atoms with Gasteiger partial charge in [0.1, 0.15) is 6.10 Å². The van der Waals surface area contributed by atoms with Crippen LogP contribution in [0.2, 0.25) is 0 Å². The van der Waals surface area contributed by atoms with Crippen LogP contribution in [0.1, 0.15) is 246 Å². The van der Waals surface area contributed by atoms with Crippen molar-refractivity contribution in [2.75, 3.05) is 26.2 Å². The maximum atomic E-state index is 12.7. The smallest absolute Gasteiger partial charge is 0.306 e. The van der Waals surface area contributed by atoms with E-state index in [2.05, 4.69) is 25.7 Å². The first kappa shape index (κ1) is 50.9. The van der Waals surface area contributed by atoms with Gasteiger partial charge in [0, 0.05) is 19.4 Å². The van der Waals surface area contributed by atoms with Crippen molar-refractivity contribution in [2.24, 2.45) is 0 Å². The summed E-state index contributed by atoms with van der Waals surface area (Å²) in [7, 11) is 0. The van der Waals surface area contributed by atoms with E-state index in [1.807, 2.05) is 6.92 Å². The van der Waals surface area contributed by atoms with E-state index in [4.69, 9.17) is 9.47 Å². The Labute approximate surface area is 324 Å². The van der Waals surface area contributed by atoms with Gasteiger partial charge in [0.25, 0.3) is 0 Å². The number of esters is 2. The van der Waals surface area contributed by atoms with Crippen molar-refractivity contribution in [3.8, 4) is 0 Å². The Bertz CT molecular complexity index is 730. The van der Waals surface area contributed by atoms with Crippen LogP contribution in [0, 0.1) is 0 Å². The summed E-state index contributed by atoms with van der Waals surface area (Å²) in [6.07, 6.45) is 39.7. The monoisotopic (exact) mass is 738 g/mol. The van der Waals surface area contributed by atoms with Crippen molar-refractivity contribution in [3.05, 3.63) is 0 Å². The second-order valence-corrected chi connectivity index (χ2v) is 16.0. The number of nitrogens with zero attached hydrogens (tertiary/aromatic N) is 1. The van der Waals surface area contributed by atoms with Gasteiger partial charge in [0.05, 0.1) is 12.7 Å². The normalized spacial score (nSPS) is 12.2. The van der Waals surface area contributed by atoms with Crippen LogP contribution in [0.25, 0.3) is 0 Å². The minimum atomic E-state index is -0.0311. The summed E-state index contributed by atoms with van der Waals surface area (Å²) in [6, 6.07) is 0. The van der Waals surface area contributed by atoms with Crippen LogP contribution in [0.5, 0.6) is 0 Å². The standard InChI is InChI=1S/C46H91NO5/c1-5-8-11-14-20-27-34-43(4)51-45(49)37-30-24-19-26-33-40-47(41-42-48)39-32-25-18-17-23-31-38-46(50)52-44(35-28-21-15-12-9-6-2)36-29-22-16-13-10-7-3/h43-44,48H,5-42H2,1-4H3/t43-/m1/s1. The lowest BCUT2D eigenvalue weighted by Crippen LogP contribution is -2.29. The number of carbonyl (C=O) groups is 2. The molecule has 1 N–H and O–H groups in total. The summed E-state index contributed by atoms with van der Waals surface area (Å²) in [5, 5.41) is 9.56. The average Bonchev–Trinajstić information content (AvgIpc) is 3.13. The quantitative estimate of drug-likeness (QED) is 0.0496. The highest BCUT2D eigenvalue weighted by atomic mass is 16.5. The highest BCUT2D eigenvalue weighted by Gasteiger charge is 2.14. The van der Waals surface area contributed by atoms with Gasteiger partial charge in [-0.05, 0) is 84.2 Å². The molecule has 6 nitrogen and oxygen atoms in total. The molecule has 0 aliphatic heterocycles.